The molecule has 11 heteroatoms. The summed E-state index contributed by atoms with van der Waals surface area (Å²) in [7, 11) is 1.11. The van der Waals surface area contributed by atoms with E-state index in [1.165, 1.54) is 0 Å². The molecule has 31 heavy (non-hydrogen) atoms. The van der Waals surface area contributed by atoms with Crippen molar-refractivity contribution in [2.75, 3.05) is 7.11 Å². The maximum absolute atomic E-state index is 14.4. The lowest BCUT2D eigenvalue weighted by Crippen LogP contribution is -2.64. The highest BCUT2D eigenvalue weighted by atomic mass is 19.1. The molecule has 3 aliphatic rings. The fourth-order valence-electron chi connectivity index (χ4n) is 4.66. The van der Waals surface area contributed by atoms with Crippen LogP contribution in [0.15, 0.2) is 34.2 Å². The van der Waals surface area contributed by atoms with Crippen molar-refractivity contribution in [1.82, 2.24) is 0 Å². The van der Waals surface area contributed by atoms with E-state index < -0.39 is 74.9 Å². The van der Waals surface area contributed by atoms with Crippen LogP contribution in [0.25, 0.3) is 5.76 Å². The SMILES string of the molecule is CO/N=C1\C(O)=C(C(N)=O)C(=O)[C@@]2(O)C(=O)C3=C(O)c4c(O)ccc(F)c4C[C@H]3C[C@@H]12. The summed E-state index contributed by atoms with van der Waals surface area (Å²) >= 11 is 0. The standard InChI is InChI=1S/C20H17FN2O8/c1-31-23-14-8-5-6-4-7-9(21)2-3-10(24)12(7)15(25)11(6)17(27)20(8,30)18(28)13(16(14)26)19(22)29/h2-3,6,8,24-26,30H,4-5H2,1H3,(H2,22,29)/b23-14-/t6-,8-,20-/m0/s1. The van der Waals surface area contributed by atoms with Gasteiger partial charge in [-0.1, -0.05) is 5.16 Å². The van der Waals surface area contributed by atoms with Crippen LogP contribution in [-0.2, 0) is 25.6 Å². The van der Waals surface area contributed by atoms with Crippen molar-refractivity contribution >= 4 is 28.9 Å². The first-order chi connectivity index (χ1) is 14.5. The van der Waals surface area contributed by atoms with Crippen LogP contribution < -0.4 is 5.73 Å². The van der Waals surface area contributed by atoms with Crippen LogP contribution in [0, 0.1) is 17.7 Å². The van der Waals surface area contributed by atoms with Crippen LogP contribution in [0.4, 0.5) is 4.39 Å². The number of hydrogen-bond acceptors (Lipinski definition) is 9. The van der Waals surface area contributed by atoms with Gasteiger partial charge in [-0.25, -0.2) is 4.39 Å². The summed E-state index contributed by atoms with van der Waals surface area (Å²) in [6.45, 7) is 0. The number of allylic oxidation sites excluding steroid dienone is 1. The first-order valence-electron chi connectivity index (χ1n) is 9.15. The Morgan fingerprint density at radius 1 is 1.23 bits per heavy atom. The van der Waals surface area contributed by atoms with Gasteiger partial charge >= 0.3 is 0 Å². The molecule has 0 spiro atoms. The van der Waals surface area contributed by atoms with Crippen molar-refractivity contribution in [2.45, 2.75) is 18.4 Å². The Balaban J connectivity index is 1.98. The smallest absolute Gasteiger partial charge is 0.256 e. The monoisotopic (exact) mass is 432 g/mol. The third-order valence-electron chi connectivity index (χ3n) is 6.02. The van der Waals surface area contributed by atoms with E-state index in [1.54, 1.807) is 0 Å². The number of halogens is 1. The van der Waals surface area contributed by atoms with Gasteiger partial charge in [0.05, 0.1) is 11.5 Å². The number of carbonyl (C=O) groups excluding carboxylic acids is 3. The van der Waals surface area contributed by atoms with Crippen molar-refractivity contribution in [1.29, 1.82) is 0 Å². The number of ketones is 2. The summed E-state index contributed by atoms with van der Waals surface area (Å²) in [5.74, 6) is -9.39. The summed E-state index contributed by atoms with van der Waals surface area (Å²) in [5.41, 5.74) is -0.0129. The Morgan fingerprint density at radius 2 is 1.90 bits per heavy atom. The Hall–Kier alpha value is -3.73. The largest absolute Gasteiger partial charge is 0.507 e. The van der Waals surface area contributed by atoms with Gasteiger partial charge in [-0.05, 0) is 30.9 Å². The van der Waals surface area contributed by atoms with E-state index in [9.17, 15) is 39.2 Å². The van der Waals surface area contributed by atoms with Crippen LogP contribution in [-0.4, -0.2) is 56.3 Å². The topological polar surface area (TPSA) is 180 Å². The molecule has 1 amide bonds. The number of amides is 1. The Kier molecular flexibility index (Phi) is 4.40. The van der Waals surface area contributed by atoms with Gasteiger partial charge in [0.1, 0.15) is 35.7 Å². The molecule has 162 valence electrons. The molecule has 3 atom stereocenters. The number of aliphatic hydroxyl groups excluding tert-OH is 2. The highest BCUT2D eigenvalue weighted by molar-refractivity contribution is 6.38. The van der Waals surface area contributed by atoms with Crippen LogP contribution in [0.1, 0.15) is 17.5 Å². The number of nitrogens with two attached hydrogens (primary N) is 1. The first kappa shape index (κ1) is 20.5. The zero-order chi connectivity index (χ0) is 22.8. The number of phenols is 1. The fourth-order valence-corrected chi connectivity index (χ4v) is 4.66. The van der Waals surface area contributed by atoms with Gasteiger partial charge in [0, 0.05) is 11.1 Å². The van der Waals surface area contributed by atoms with Crippen molar-refractivity contribution < 1.29 is 44.0 Å². The predicted molar refractivity (Wildman–Crippen MR) is 101 cm³/mol. The molecule has 10 nitrogen and oxygen atoms in total. The van der Waals surface area contributed by atoms with Gasteiger partial charge in [0.15, 0.2) is 11.4 Å². The minimum absolute atomic E-state index is 0.0468. The molecule has 6 N–H and O–H groups in total. The summed E-state index contributed by atoms with van der Waals surface area (Å²) in [5, 5.41) is 46.0. The third-order valence-corrected chi connectivity index (χ3v) is 6.02. The maximum atomic E-state index is 14.4. The second-order valence-electron chi connectivity index (χ2n) is 7.54. The number of hydrogen-bond donors (Lipinski definition) is 5. The molecule has 0 saturated heterocycles. The van der Waals surface area contributed by atoms with Gasteiger partial charge in [0.2, 0.25) is 11.6 Å². The van der Waals surface area contributed by atoms with Crippen LogP contribution >= 0.6 is 0 Å². The number of benzene rings is 1. The van der Waals surface area contributed by atoms with Gasteiger partial charge in [-0.2, -0.15) is 0 Å². The van der Waals surface area contributed by atoms with Gasteiger partial charge in [-0.3, -0.25) is 14.4 Å². The number of fused-ring (bicyclic) bond motifs is 3. The number of carbonyl (C=O) groups is 3. The zero-order valence-corrected chi connectivity index (χ0v) is 16.0. The molecular formula is C20H17FN2O8. The molecule has 1 aromatic rings. The fraction of sp³-hybridized carbons (Fsp3) is 0.300. The number of phenolic OH excluding ortho intramolecular Hbond substituents is 1. The van der Waals surface area contributed by atoms with E-state index in [2.05, 4.69) is 9.99 Å². The molecule has 1 saturated carbocycles. The zero-order valence-electron chi connectivity index (χ0n) is 16.0. The number of oxime groups is 1. The highest BCUT2D eigenvalue weighted by Crippen LogP contribution is 2.50. The molecule has 1 aromatic carbocycles. The van der Waals surface area contributed by atoms with Gasteiger partial charge < -0.3 is 31.0 Å². The summed E-state index contributed by atoms with van der Waals surface area (Å²) in [4.78, 5) is 42.7. The van der Waals surface area contributed by atoms with Crippen molar-refractivity contribution in [2.24, 2.45) is 22.7 Å². The number of aliphatic hydroxyl groups is 3. The van der Waals surface area contributed by atoms with E-state index in [4.69, 9.17) is 5.73 Å². The number of rotatable bonds is 2. The van der Waals surface area contributed by atoms with Crippen LogP contribution in [0.5, 0.6) is 5.75 Å². The second-order valence-corrected chi connectivity index (χ2v) is 7.54. The average molecular weight is 432 g/mol. The molecule has 0 bridgehead atoms. The Morgan fingerprint density at radius 3 is 2.52 bits per heavy atom. The number of nitrogens with zero attached hydrogens (tertiary/aromatic N) is 1. The quantitative estimate of drug-likeness (QED) is 0.249. The highest BCUT2D eigenvalue weighted by Gasteiger charge is 2.64. The van der Waals surface area contributed by atoms with Crippen molar-refractivity contribution in [3.8, 4) is 5.75 Å². The van der Waals surface area contributed by atoms with E-state index in [0.29, 0.717) is 0 Å². The van der Waals surface area contributed by atoms with Gasteiger partial charge in [0.25, 0.3) is 5.91 Å². The average Bonchev–Trinajstić information content (AvgIpc) is 2.70. The molecule has 3 aliphatic carbocycles. The lowest BCUT2D eigenvalue weighted by Gasteiger charge is -2.45. The second kappa shape index (κ2) is 6.64. The Labute approximate surface area is 173 Å². The summed E-state index contributed by atoms with van der Waals surface area (Å²) in [6.07, 6.45) is -0.380. The minimum atomic E-state index is -2.92. The van der Waals surface area contributed by atoms with Gasteiger partial charge in [-0.15, -0.1) is 0 Å². The maximum Gasteiger partial charge on any atom is 0.256 e. The minimum Gasteiger partial charge on any atom is -0.507 e. The number of primary amides is 1. The van der Waals surface area contributed by atoms with E-state index in [-0.39, 0.29) is 24.0 Å². The summed E-state index contributed by atoms with van der Waals surface area (Å²) in [6, 6.07) is 2.00. The van der Waals surface area contributed by atoms with Crippen LogP contribution in [0.3, 0.4) is 0 Å². The molecule has 0 radical (unpaired) electrons. The Bertz CT molecular complexity index is 1170. The molecule has 0 heterocycles. The number of Topliss-reactive ketones (excluding diaryl/α,β-unsaturated/α-hetero) is 2. The van der Waals surface area contributed by atoms with Crippen molar-refractivity contribution in [3.63, 3.8) is 0 Å². The summed E-state index contributed by atoms with van der Waals surface area (Å²) < 4.78 is 14.4. The van der Waals surface area contributed by atoms with E-state index >= 15 is 0 Å². The number of aromatic hydroxyl groups is 1. The molecule has 1 fully saturated rings. The first-order valence-corrected chi connectivity index (χ1v) is 9.15. The molecule has 4 rings (SSSR count). The normalized spacial score (nSPS) is 28.9. The lowest BCUT2D eigenvalue weighted by molar-refractivity contribution is -0.153. The molecule has 0 aromatic heterocycles. The lowest BCUT2D eigenvalue weighted by atomic mass is 9.58. The van der Waals surface area contributed by atoms with E-state index in [1.807, 2.05) is 0 Å². The van der Waals surface area contributed by atoms with Crippen molar-refractivity contribution in [3.05, 3.63) is 46.0 Å². The third kappa shape index (κ3) is 2.53. The predicted octanol–water partition coefficient (Wildman–Crippen LogP) is 0.175. The molecule has 0 unspecified atom stereocenters. The molecule has 0 aliphatic heterocycles. The molecular weight excluding hydrogens is 415 g/mol. The van der Waals surface area contributed by atoms with E-state index in [0.717, 1.165) is 19.2 Å². The van der Waals surface area contributed by atoms with Crippen LogP contribution in [0.2, 0.25) is 0 Å².